The molecule has 0 aromatic heterocycles. The summed E-state index contributed by atoms with van der Waals surface area (Å²) in [7, 11) is 0. The van der Waals surface area contributed by atoms with E-state index in [4.69, 9.17) is 23.2 Å². The lowest BCUT2D eigenvalue weighted by Crippen LogP contribution is -2.11. The summed E-state index contributed by atoms with van der Waals surface area (Å²) in [6.45, 7) is 6.76. The summed E-state index contributed by atoms with van der Waals surface area (Å²) in [4.78, 5) is 0. The smallest absolute Gasteiger partial charge is 0.101 e. The van der Waals surface area contributed by atoms with Gasteiger partial charge in [0, 0.05) is 0 Å². The molecule has 0 nitrogen and oxygen atoms in total. The van der Waals surface area contributed by atoms with Crippen molar-refractivity contribution in [2.24, 2.45) is 11.3 Å². The Morgan fingerprint density at radius 3 is 2.18 bits per heavy atom. The molecule has 1 aliphatic carbocycles. The molecule has 0 radical (unpaired) electrons. The van der Waals surface area contributed by atoms with Crippen molar-refractivity contribution in [3.8, 4) is 0 Å². The summed E-state index contributed by atoms with van der Waals surface area (Å²) in [6, 6.07) is 0. The van der Waals surface area contributed by atoms with Crippen LogP contribution in [0.2, 0.25) is 0 Å². The maximum absolute atomic E-state index is 5.94. The highest BCUT2D eigenvalue weighted by atomic mass is 35.5. The van der Waals surface area contributed by atoms with Crippen LogP contribution < -0.4 is 0 Å². The molecule has 66 valence electrons. The molecule has 1 unspecified atom stereocenters. The van der Waals surface area contributed by atoms with E-state index in [9.17, 15) is 0 Å². The second-order valence-corrected chi connectivity index (χ2v) is 5.93. The zero-order valence-electron chi connectivity index (χ0n) is 7.45. The van der Waals surface area contributed by atoms with Crippen LogP contribution in [0.5, 0.6) is 0 Å². The quantitative estimate of drug-likeness (QED) is 0.597. The summed E-state index contributed by atoms with van der Waals surface area (Å²) in [5, 5.41) is 0. The van der Waals surface area contributed by atoms with Gasteiger partial charge in [-0.05, 0) is 24.2 Å². The minimum atomic E-state index is -0.382. The molecule has 11 heavy (non-hydrogen) atoms. The van der Waals surface area contributed by atoms with Crippen LogP contribution in [0.3, 0.4) is 0 Å². The van der Waals surface area contributed by atoms with Crippen LogP contribution >= 0.6 is 23.2 Å². The molecule has 0 aliphatic heterocycles. The molecule has 0 spiro atoms. The highest BCUT2D eigenvalue weighted by molar-refractivity contribution is 6.50. The van der Waals surface area contributed by atoms with Crippen LogP contribution in [0.15, 0.2) is 0 Å². The zero-order chi connectivity index (χ0) is 8.70. The highest BCUT2D eigenvalue weighted by Gasteiger charge is 2.52. The normalized spacial score (nSPS) is 28.6. The molecular formula is C9H16Cl2. The maximum atomic E-state index is 5.94. The van der Waals surface area contributed by atoms with Gasteiger partial charge in [0.05, 0.1) is 0 Å². The van der Waals surface area contributed by atoms with Gasteiger partial charge in [0.15, 0.2) is 0 Å². The first-order valence-electron chi connectivity index (χ1n) is 4.25. The Balaban J connectivity index is 2.34. The number of rotatable bonds is 3. The second-order valence-electron chi connectivity index (χ2n) is 4.38. The van der Waals surface area contributed by atoms with E-state index in [2.05, 4.69) is 20.8 Å². The predicted molar refractivity (Wildman–Crippen MR) is 51.2 cm³/mol. The molecule has 0 aromatic carbocycles. The molecular weight excluding hydrogens is 179 g/mol. The fourth-order valence-electron chi connectivity index (χ4n) is 1.30. The van der Waals surface area contributed by atoms with E-state index in [0.29, 0.717) is 11.3 Å². The van der Waals surface area contributed by atoms with Gasteiger partial charge in [0.1, 0.15) is 4.33 Å². The van der Waals surface area contributed by atoms with Gasteiger partial charge in [0.2, 0.25) is 0 Å². The summed E-state index contributed by atoms with van der Waals surface area (Å²) in [5.74, 6) is 0.542. The van der Waals surface area contributed by atoms with Crippen LogP contribution in [-0.4, -0.2) is 4.33 Å². The van der Waals surface area contributed by atoms with Crippen LogP contribution in [-0.2, 0) is 0 Å². The molecule has 1 atom stereocenters. The number of hydrogen-bond acceptors (Lipinski definition) is 0. The van der Waals surface area contributed by atoms with E-state index in [0.717, 1.165) is 12.8 Å². The molecule has 0 heterocycles. The first kappa shape index (κ1) is 9.67. The Hall–Kier alpha value is 0.580. The van der Waals surface area contributed by atoms with Gasteiger partial charge < -0.3 is 0 Å². The van der Waals surface area contributed by atoms with E-state index in [1.165, 1.54) is 6.42 Å². The molecule has 2 heteroatoms. The third-order valence-corrected chi connectivity index (χ3v) is 3.64. The summed E-state index contributed by atoms with van der Waals surface area (Å²) in [6.07, 6.45) is 3.35. The monoisotopic (exact) mass is 194 g/mol. The Labute approximate surface area is 79.3 Å². The topological polar surface area (TPSA) is 0 Å². The fourth-order valence-corrected chi connectivity index (χ4v) is 1.83. The third kappa shape index (κ3) is 2.52. The Morgan fingerprint density at radius 1 is 1.45 bits per heavy atom. The van der Waals surface area contributed by atoms with Crippen LogP contribution in [0.4, 0.5) is 0 Å². The Bertz CT molecular complexity index is 150. The Kier molecular flexibility index (Phi) is 2.47. The SMILES string of the molecule is CCC(C)(C)CC1CC1(Cl)Cl. The van der Waals surface area contributed by atoms with E-state index in [1.807, 2.05) is 0 Å². The standard InChI is InChI=1S/C9H16Cl2/c1-4-8(2,3)5-7-6-9(7,10)11/h7H,4-6H2,1-3H3. The average molecular weight is 195 g/mol. The molecule has 0 saturated heterocycles. The van der Waals surface area contributed by atoms with Crippen molar-refractivity contribution in [2.75, 3.05) is 0 Å². The molecule has 1 fully saturated rings. The van der Waals surface area contributed by atoms with Crippen molar-refractivity contribution in [1.82, 2.24) is 0 Å². The van der Waals surface area contributed by atoms with Crippen molar-refractivity contribution in [1.29, 1.82) is 0 Å². The van der Waals surface area contributed by atoms with Gasteiger partial charge in [-0.25, -0.2) is 0 Å². The van der Waals surface area contributed by atoms with Gasteiger partial charge in [-0.15, -0.1) is 23.2 Å². The summed E-state index contributed by atoms with van der Waals surface area (Å²) in [5.41, 5.74) is 0.413. The van der Waals surface area contributed by atoms with Crippen LogP contribution in [0.25, 0.3) is 0 Å². The summed E-state index contributed by atoms with van der Waals surface area (Å²) < 4.78 is -0.382. The molecule has 0 bridgehead atoms. The largest absolute Gasteiger partial charge is 0.121 e. The Morgan fingerprint density at radius 2 is 1.91 bits per heavy atom. The molecule has 0 N–H and O–H groups in total. The lowest BCUT2D eigenvalue weighted by molar-refractivity contribution is 0.302. The first-order chi connectivity index (χ1) is 4.87. The zero-order valence-corrected chi connectivity index (χ0v) is 8.97. The van der Waals surface area contributed by atoms with Crippen LogP contribution in [0, 0.1) is 11.3 Å². The van der Waals surface area contributed by atoms with Crippen molar-refractivity contribution >= 4 is 23.2 Å². The van der Waals surface area contributed by atoms with Gasteiger partial charge in [-0.2, -0.15) is 0 Å². The van der Waals surface area contributed by atoms with E-state index in [1.54, 1.807) is 0 Å². The van der Waals surface area contributed by atoms with Crippen molar-refractivity contribution in [2.45, 2.75) is 44.4 Å². The van der Waals surface area contributed by atoms with Gasteiger partial charge in [-0.1, -0.05) is 27.2 Å². The fraction of sp³-hybridized carbons (Fsp3) is 1.00. The molecule has 1 saturated carbocycles. The van der Waals surface area contributed by atoms with Gasteiger partial charge >= 0.3 is 0 Å². The minimum absolute atomic E-state index is 0.382. The van der Waals surface area contributed by atoms with Crippen molar-refractivity contribution in [3.05, 3.63) is 0 Å². The first-order valence-corrected chi connectivity index (χ1v) is 5.01. The third-order valence-electron chi connectivity index (χ3n) is 2.71. The number of hydrogen-bond donors (Lipinski definition) is 0. The lowest BCUT2D eigenvalue weighted by atomic mass is 9.84. The second kappa shape index (κ2) is 2.81. The van der Waals surface area contributed by atoms with Gasteiger partial charge in [0.25, 0.3) is 0 Å². The van der Waals surface area contributed by atoms with Crippen molar-refractivity contribution < 1.29 is 0 Å². The number of alkyl halides is 2. The maximum Gasteiger partial charge on any atom is 0.121 e. The molecule has 1 rings (SSSR count). The predicted octanol–water partition coefficient (Wildman–Crippen LogP) is 4.01. The van der Waals surface area contributed by atoms with E-state index < -0.39 is 0 Å². The van der Waals surface area contributed by atoms with E-state index >= 15 is 0 Å². The van der Waals surface area contributed by atoms with Crippen molar-refractivity contribution in [3.63, 3.8) is 0 Å². The highest BCUT2D eigenvalue weighted by Crippen LogP contribution is 2.57. The average Bonchev–Trinajstić information content (AvgIpc) is 2.39. The summed E-state index contributed by atoms with van der Waals surface area (Å²) >= 11 is 11.9. The molecule has 0 amide bonds. The van der Waals surface area contributed by atoms with E-state index in [-0.39, 0.29) is 4.33 Å². The molecule has 1 aliphatic rings. The van der Waals surface area contributed by atoms with Gasteiger partial charge in [-0.3, -0.25) is 0 Å². The minimum Gasteiger partial charge on any atom is -0.101 e. The van der Waals surface area contributed by atoms with Crippen LogP contribution in [0.1, 0.15) is 40.0 Å². The molecule has 0 aromatic rings. The lowest BCUT2D eigenvalue weighted by Gasteiger charge is -2.22. The number of halogens is 2.